The number of benzene rings is 2. The van der Waals surface area contributed by atoms with Gasteiger partial charge in [-0.15, -0.1) is 0 Å². The van der Waals surface area contributed by atoms with E-state index in [0.29, 0.717) is 18.0 Å². The first-order chi connectivity index (χ1) is 13.3. The zero-order chi connectivity index (χ0) is 20.7. The number of carbonyl (C=O) groups excluding carboxylic acids is 2. The fourth-order valence-electron chi connectivity index (χ4n) is 3.23. The van der Waals surface area contributed by atoms with Crippen molar-refractivity contribution < 1.29 is 9.59 Å². The third kappa shape index (κ3) is 6.38. The molecule has 28 heavy (non-hydrogen) atoms. The quantitative estimate of drug-likeness (QED) is 0.708. The Morgan fingerprint density at radius 3 is 2.36 bits per heavy atom. The van der Waals surface area contributed by atoms with Crippen molar-refractivity contribution in [3.05, 3.63) is 70.2 Å². The molecule has 2 rings (SSSR count). The molecule has 150 valence electrons. The largest absolute Gasteiger partial charge is 0.352 e. The summed E-state index contributed by atoms with van der Waals surface area (Å²) < 4.78 is 0. The highest BCUT2D eigenvalue weighted by atomic mass is 35.5. The predicted molar refractivity (Wildman–Crippen MR) is 114 cm³/mol. The van der Waals surface area contributed by atoms with Gasteiger partial charge >= 0.3 is 0 Å². The lowest BCUT2D eigenvalue weighted by molar-refractivity contribution is -0.141. The molecular formula is C23H29ClN2O2. The molecule has 1 unspecified atom stereocenters. The van der Waals surface area contributed by atoms with E-state index in [0.717, 1.165) is 16.7 Å². The summed E-state index contributed by atoms with van der Waals surface area (Å²) in [6.45, 7) is 8.18. The van der Waals surface area contributed by atoms with Crippen molar-refractivity contribution in [2.75, 3.05) is 0 Å². The Morgan fingerprint density at radius 1 is 1.07 bits per heavy atom. The van der Waals surface area contributed by atoms with E-state index < -0.39 is 6.04 Å². The lowest BCUT2D eigenvalue weighted by atomic mass is 10.1. The Kier molecular flexibility index (Phi) is 8.06. The van der Waals surface area contributed by atoms with Crippen LogP contribution in [0.15, 0.2) is 48.5 Å². The van der Waals surface area contributed by atoms with Crippen LogP contribution in [0.3, 0.4) is 0 Å². The summed E-state index contributed by atoms with van der Waals surface area (Å²) in [6.07, 6.45) is 0.753. The Bertz CT molecular complexity index is 820. The van der Waals surface area contributed by atoms with Crippen LogP contribution in [-0.2, 0) is 22.6 Å². The molecule has 1 N–H and O–H groups in total. The maximum absolute atomic E-state index is 13.2. The summed E-state index contributed by atoms with van der Waals surface area (Å²) >= 11 is 6.06. The molecule has 0 spiro atoms. The highest BCUT2D eigenvalue weighted by molar-refractivity contribution is 6.30. The van der Waals surface area contributed by atoms with Crippen molar-refractivity contribution in [1.82, 2.24) is 10.2 Å². The Hall–Kier alpha value is -2.33. The van der Waals surface area contributed by atoms with Gasteiger partial charge in [-0.3, -0.25) is 9.59 Å². The number of amides is 2. The Labute approximate surface area is 172 Å². The molecule has 0 aromatic heterocycles. The second-order valence-electron chi connectivity index (χ2n) is 7.40. The molecule has 0 radical (unpaired) electrons. The van der Waals surface area contributed by atoms with Crippen LogP contribution in [0.2, 0.25) is 5.02 Å². The monoisotopic (exact) mass is 400 g/mol. The molecule has 0 aliphatic heterocycles. The fraction of sp³-hybridized carbons (Fsp3) is 0.391. The summed E-state index contributed by atoms with van der Waals surface area (Å²) in [5, 5.41) is 3.54. The van der Waals surface area contributed by atoms with Crippen molar-refractivity contribution in [1.29, 1.82) is 0 Å². The van der Waals surface area contributed by atoms with Crippen LogP contribution < -0.4 is 5.32 Å². The van der Waals surface area contributed by atoms with Gasteiger partial charge in [0.25, 0.3) is 0 Å². The molecule has 0 aliphatic carbocycles. The van der Waals surface area contributed by atoms with Crippen LogP contribution in [0.5, 0.6) is 0 Å². The zero-order valence-electron chi connectivity index (χ0n) is 17.0. The van der Waals surface area contributed by atoms with Gasteiger partial charge in [0, 0.05) is 17.6 Å². The Morgan fingerprint density at radius 2 is 1.75 bits per heavy atom. The molecule has 2 aromatic carbocycles. The molecule has 5 heteroatoms. The number of hydrogen-bond acceptors (Lipinski definition) is 2. The lowest BCUT2D eigenvalue weighted by Gasteiger charge is -2.31. The third-order valence-electron chi connectivity index (χ3n) is 4.50. The van der Waals surface area contributed by atoms with Crippen LogP contribution in [0.1, 0.15) is 43.9 Å². The maximum Gasteiger partial charge on any atom is 0.243 e. The highest BCUT2D eigenvalue weighted by Gasteiger charge is 2.29. The molecular weight excluding hydrogens is 372 g/mol. The van der Waals surface area contributed by atoms with E-state index in [9.17, 15) is 9.59 Å². The van der Waals surface area contributed by atoms with E-state index in [1.54, 1.807) is 17.0 Å². The van der Waals surface area contributed by atoms with Crippen LogP contribution in [-0.4, -0.2) is 28.8 Å². The van der Waals surface area contributed by atoms with Gasteiger partial charge in [0.2, 0.25) is 11.8 Å². The van der Waals surface area contributed by atoms with E-state index in [4.69, 9.17) is 11.6 Å². The number of rotatable bonds is 8. The molecule has 2 amide bonds. The molecule has 2 aromatic rings. The highest BCUT2D eigenvalue weighted by Crippen LogP contribution is 2.17. The van der Waals surface area contributed by atoms with E-state index >= 15 is 0 Å². The average Bonchev–Trinajstić information content (AvgIpc) is 2.61. The predicted octanol–water partition coefficient (Wildman–Crippen LogP) is 4.52. The first-order valence-corrected chi connectivity index (χ1v) is 10.1. The standard InChI is InChI=1S/C23H29ClN2O2/c1-5-21(23(28)25-16(2)3)26(15-19-10-6-8-17(4)12-19)22(27)14-18-9-7-11-20(24)13-18/h6-13,16,21H,5,14-15H2,1-4H3,(H,25,28). The number of hydrogen-bond donors (Lipinski definition) is 1. The van der Waals surface area contributed by atoms with E-state index in [2.05, 4.69) is 5.32 Å². The third-order valence-corrected chi connectivity index (χ3v) is 4.73. The lowest BCUT2D eigenvalue weighted by Crippen LogP contribution is -2.50. The van der Waals surface area contributed by atoms with E-state index in [1.807, 2.05) is 64.1 Å². The molecule has 0 bridgehead atoms. The van der Waals surface area contributed by atoms with Gasteiger partial charge in [0.15, 0.2) is 0 Å². The van der Waals surface area contributed by atoms with Gasteiger partial charge < -0.3 is 10.2 Å². The topological polar surface area (TPSA) is 49.4 Å². The summed E-state index contributed by atoms with van der Waals surface area (Å²) in [4.78, 5) is 27.7. The number of nitrogens with one attached hydrogen (secondary N) is 1. The van der Waals surface area contributed by atoms with Crippen LogP contribution in [0.4, 0.5) is 0 Å². The summed E-state index contributed by atoms with van der Waals surface area (Å²) in [5.41, 5.74) is 2.97. The van der Waals surface area contributed by atoms with E-state index in [1.165, 1.54) is 0 Å². The summed E-state index contributed by atoms with van der Waals surface area (Å²) in [7, 11) is 0. The first kappa shape index (κ1) is 22.0. The second-order valence-corrected chi connectivity index (χ2v) is 7.84. The van der Waals surface area contributed by atoms with Crippen LogP contribution >= 0.6 is 11.6 Å². The van der Waals surface area contributed by atoms with Gasteiger partial charge in [-0.25, -0.2) is 0 Å². The van der Waals surface area contributed by atoms with Crippen molar-refractivity contribution in [3.8, 4) is 0 Å². The van der Waals surface area contributed by atoms with Gasteiger partial charge in [-0.1, -0.05) is 60.5 Å². The number of carbonyl (C=O) groups is 2. The minimum atomic E-state index is -0.519. The molecule has 0 saturated heterocycles. The smallest absolute Gasteiger partial charge is 0.243 e. The summed E-state index contributed by atoms with van der Waals surface area (Å²) in [5.74, 6) is -0.209. The average molecular weight is 401 g/mol. The van der Waals surface area contributed by atoms with Crippen molar-refractivity contribution in [2.24, 2.45) is 0 Å². The fourth-order valence-corrected chi connectivity index (χ4v) is 3.44. The SMILES string of the molecule is CCC(C(=O)NC(C)C)N(Cc1cccc(C)c1)C(=O)Cc1cccc(Cl)c1. The number of halogens is 1. The normalized spacial score (nSPS) is 11.9. The molecule has 1 atom stereocenters. The molecule has 0 saturated carbocycles. The molecule has 0 aliphatic rings. The molecule has 0 fully saturated rings. The van der Waals surface area contributed by atoms with Crippen LogP contribution in [0, 0.1) is 6.92 Å². The number of aryl methyl sites for hydroxylation is 1. The van der Waals surface area contributed by atoms with Crippen molar-refractivity contribution in [3.63, 3.8) is 0 Å². The van der Waals surface area contributed by atoms with Gasteiger partial charge in [0.05, 0.1) is 6.42 Å². The zero-order valence-corrected chi connectivity index (χ0v) is 17.8. The number of nitrogens with zero attached hydrogens (tertiary/aromatic N) is 1. The van der Waals surface area contributed by atoms with Crippen molar-refractivity contribution in [2.45, 2.75) is 59.2 Å². The second kappa shape index (κ2) is 10.3. The minimum absolute atomic E-state index is 0.0189. The molecule has 0 heterocycles. The first-order valence-electron chi connectivity index (χ1n) is 9.70. The van der Waals surface area contributed by atoms with Gasteiger partial charge in [-0.2, -0.15) is 0 Å². The van der Waals surface area contributed by atoms with Gasteiger partial charge in [-0.05, 0) is 50.5 Å². The maximum atomic E-state index is 13.2. The van der Waals surface area contributed by atoms with Crippen molar-refractivity contribution >= 4 is 23.4 Å². The Balaban J connectivity index is 2.30. The molecule has 4 nitrogen and oxygen atoms in total. The summed E-state index contributed by atoms with van der Waals surface area (Å²) in [6, 6.07) is 14.8. The van der Waals surface area contributed by atoms with Gasteiger partial charge in [0.1, 0.15) is 6.04 Å². The van der Waals surface area contributed by atoms with Crippen LogP contribution in [0.25, 0.3) is 0 Å². The van der Waals surface area contributed by atoms with E-state index in [-0.39, 0.29) is 24.3 Å². The minimum Gasteiger partial charge on any atom is -0.352 e.